The van der Waals surface area contributed by atoms with Gasteiger partial charge in [-0.1, -0.05) is 53.7 Å². The first-order chi connectivity index (χ1) is 14.0. The molecule has 2 amide bonds. The molecule has 6 nitrogen and oxygen atoms in total. The lowest BCUT2D eigenvalue weighted by atomic mass is 9.73. The second-order valence-electron chi connectivity index (χ2n) is 7.54. The molecule has 1 atom stereocenters. The van der Waals surface area contributed by atoms with E-state index in [0.29, 0.717) is 18.7 Å². The molecule has 29 heavy (non-hydrogen) atoms. The molecule has 0 aliphatic carbocycles. The molecule has 0 saturated heterocycles. The minimum atomic E-state index is -0.929. The number of carbonyl (C=O) groups is 2. The highest BCUT2D eigenvalue weighted by molar-refractivity contribution is 6.09. The molecule has 0 bridgehead atoms. The Morgan fingerprint density at radius 1 is 1.10 bits per heavy atom. The van der Waals surface area contributed by atoms with Crippen molar-refractivity contribution >= 4 is 17.5 Å². The van der Waals surface area contributed by atoms with Crippen molar-refractivity contribution in [1.29, 1.82) is 0 Å². The maximum atomic E-state index is 13.5. The minimum Gasteiger partial charge on any atom is -0.364 e. The van der Waals surface area contributed by atoms with Crippen LogP contribution in [0, 0.1) is 0 Å². The smallest absolute Gasteiger partial charge is 0.238 e. The normalized spacial score (nSPS) is 18.0. The van der Waals surface area contributed by atoms with Crippen LogP contribution in [0.2, 0.25) is 0 Å². The zero-order valence-electron chi connectivity index (χ0n) is 16.5. The van der Waals surface area contributed by atoms with Gasteiger partial charge in [0.15, 0.2) is 0 Å². The van der Waals surface area contributed by atoms with E-state index < -0.39 is 5.41 Å². The largest absolute Gasteiger partial charge is 0.364 e. The number of fused-ring (bicyclic) bond motifs is 1. The first-order valence-corrected chi connectivity index (χ1v) is 9.56. The second kappa shape index (κ2) is 7.54. The molecule has 1 aromatic heterocycles. The van der Waals surface area contributed by atoms with Crippen LogP contribution in [0.25, 0.3) is 0 Å². The quantitative estimate of drug-likeness (QED) is 0.649. The van der Waals surface area contributed by atoms with E-state index in [2.05, 4.69) is 5.16 Å². The van der Waals surface area contributed by atoms with E-state index >= 15 is 0 Å². The minimum absolute atomic E-state index is 0.0502. The van der Waals surface area contributed by atoms with Gasteiger partial charge in [0, 0.05) is 32.3 Å². The van der Waals surface area contributed by atoms with E-state index in [1.807, 2.05) is 54.6 Å². The SMILES string of the molecule is CN(Cc1ccon1)C(=O)CC1(Cc2ccccc2)C(=O)N(C)c2ccccc21. The number of para-hydroxylation sites is 1. The zero-order valence-corrected chi connectivity index (χ0v) is 16.5. The maximum Gasteiger partial charge on any atom is 0.238 e. The van der Waals surface area contributed by atoms with E-state index in [1.54, 1.807) is 30.0 Å². The Kier molecular flexibility index (Phi) is 4.92. The van der Waals surface area contributed by atoms with E-state index in [9.17, 15) is 9.59 Å². The molecule has 0 spiro atoms. The summed E-state index contributed by atoms with van der Waals surface area (Å²) in [5.74, 6) is -0.159. The predicted molar refractivity (Wildman–Crippen MR) is 109 cm³/mol. The molecule has 6 heteroatoms. The number of hydrogen-bond donors (Lipinski definition) is 0. The number of likely N-dealkylation sites (N-methyl/N-ethyl adjacent to an activating group) is 1. The summed E-state index contributed by atoms with van der Waals surface area (Å²) in [6.07, 6.45) is 2.05. The lowest BCUT2D eigenvalue weighted by Gasteiger charge is -2.30. The van der Waals surface area contributed by atoms with Crippen molar-refractivity contribution in [2.24, 2.45) is 0 Å². The summed E-state index contributed by atoms with van der Waals surface area (Å²) < 4.78 is 4.86. The fourth-order valence-corrected chi connectivity index (χ4v) is 4.11. The second-order valence-corrected chi connectivity index (χ2v) is 7.54. The number of rotatable bonds is 6. The average molecular weight is 389 g/mol. The van der Waals surface area contributed by atoms with Crippen LogP contribution in [0.4, 0.5) is 5.69 Å². The number of anilines is 1. The van der Waals surface area contributed by atoms with E-state index in [0.717, 1.165) is 16.8 Å². The van der Waals surface area contributed by atoms with Crippen molar-refractivity contribution in [1.82, 2.24) is 10.1 Å². The van der Waals surface area contributed by atoms with Crippen LogP contribution in [0.3, 0.4) is 0 Å². The Morgan fingerprint density at radius 2 is 1.83 bits per heavy atom. The molecular weight excluding hydrogens is 366 g/mol. The topological polar surface area (TPSA) is 66.7 Å². The van der Waals surface area contributed by atoms with Crippen LogP contribution in [0.5, 0.6) is 0 Å². The molecule has 1 aliphatic rings. The Bertz CT molecular complexity index is 1020. The van der Waals surface area contributed by atoms with Gasteiger partial charge in [-0.05, 0) is 23.6 Å². The van der Waals surface area contributed by atoms with Crippen LogP contribution in [0.1, 0.15) is 23.2 Å². The van der Waals surface area contributed by atoms with Gasteiger partial charge in [-0.2, -0.15) is 0 Å². The maximum absolute atomic E-state index is 13.5. The molecular formula is C23H23N3O3. The summed E-state index contributed by atoms with van der Waals surface area (Å²) in [6, 6.07) is 19.3. The van der Waals surface area contributed by atoms with Crippen molar-refractivity contribution in [3.63, 3.8) is 0 Å². The van der Waals surface area contributed by atoms with Gasteiger partial charge in [-0.3, -0.25) is 9.59 Å². The van der Waals surface area contributed by atoms with E-state index in [4.69, 9.17) is 4.52 Å². The third-order valence-electron chi connectivity index (χ3n) is 5.61. The summed E-state index contributed by atoms with van der Waals surface area (Å²) in [7, 11) is 3.50. The summed E-state index contributed by atoms with van der Waals surface area (Å²) in [6.45, 7) is 0.336. The molecule has 0 N–H and O–H groups in total. The van der Waals surface area contributed by atoms with Gasteiger partial charge in [0.25, 0.3) is 0 Å². The number of aromatic nitrogens is 1. The number of hydrogen-bond acceptors (Lipinski definition) is 4. The van der Waals surface area contributed by atoms with Crippen molar-refractivity contribution in [2.45, 2.75) is 24.8 Å². The Morgan fingerprint density at radius 3 is 2.55 bits per heavy atom. The van der Waals surface area contributed by atoms with Crippen molar-refractivity contribution in [2.75, 3.05) is 19.0 Å². The van der Waals surface area contributed by atoms with E-state index in [1.165, 1.54) is 6.26 Å². The van der Waals surface area contributed by atoms with Crippen LogP contribution >= 0.6 is 0 Å². The van der Waals surface area contributed by atoms with Gasteiger partial charge in [-0.15, -0.1) is 0 Å². The lowest BCUT2D eigenvalue weighted by molar-refractivity contribution is -0.135. The molecule has 148 valence electrons. The molecule has 0 saturated carbocycles. The fraction of sp³-hybridized carbons (Fsp3) is 0.261. The predicted octanol–water partition coefficient (Wildman–Crippen LogP) is 3.18. The highest BCUT2D eigenvalue weighted by Crippen LogP contribution is 2.45. The standard InChI is InChI=1S/C23H23N3O3/c1-25(16-18-12-13-29-24-18)21(27)15-23(14-17-8-4-3-5-9-17)19-10-6-7-11-20(19)26(2)22(23)28/h3-13H,14-16H2,1-2H3. The summed E-state index contributed by atoms with van der Waals surface area (Å²) >= 11 is 0. The van der Waals surface area contributed by atoms with Crippen molar-refractivity contribution in [3.8, 4) is 0 Å². The first kappa shape index (κ1) is 18.9. The van der Waals surface area contributed by atoms with Crippen LogP contribution in [0.15, 0.2) is 71.4 Å². The van der Waals surface area contributed by atoms with Gasteiger partial charge < -0.3 is 14.3 Å². The van der Waals surface area contributed by atoms with Crippen molar-refractivity contribution < 1.29 is 14.1 Å². The van der Waals surface area contributed by atoms with Gasteiger partial charge >= 0.3 is 0 Å². The van der Waals surface area contributed by atoms with Gasteiger partial charge in [-0.25, -0.2) is 0 Å². The number of benzene rings is 2. The van der Waals surface area contributed by atoms with Crippen LogP contribution in [-0.2, 0) is 28.0 Å². The number of carbonyl (C=O) groups excluding carboxylic acids is 2. The molecule has 1 aliphatic heterocycles. The van der Waals surface area contributed by atoms with Gasteiger partial charge in [0.2, 0.25) is 11.8 Å². The van der Waals surface area contributed by atoms with Gasteiger partial charge in [0.1, 0.15) is 12.0 Å². The Labute approximate surface area is 169 Å². The fourth-order valence-electron chi connectivity index (χ4n) is 4.11. The number of amides is 2. The highest BCUT2D eigenvalue weighted by Gasteiger charge is 2.51. The van der Waals surface area contributed by atoms with Gasteiger partial charge in [0.05, 0.1) is 12.0 Å². The lowest BCUT2D eigenvalue weighted by Crippen LogP contribution is -2.44. The molecule has 4 rings (SSSR count). The monoisotopic (exact) mass is 389 g/mol. The molecule has 1 unspecified atom stereocenters. The summed E-state index contributed by atoms with van der Waals surface area (Å²) in [5.41, 5.74) is 2.54. The molecule has 0 radical (unpaired) electrons. The summed E-state index contributed by atoms with van der Waals surface area (Å²) in [5, 5.41) is 3.87. The third kappa shape index (κ3) is 3.42. The summed E-state index contributed by atoms with van der Waals surface area (Å²) in [4.78, 5) is 29.9. The Balaban J connectivity index is 1.70. The highest BCUT2D eigenvalue weighted by atomic mass is 16.5. The number of nitrogens with zero attached hydrogens (tertiary/aromatic N) is 3. The molecule has 0 fully saturated rings. The Hall–Kier alpha value is -3.41. The first-order valence-electron chi connectivity index (χ1n) is 9.56. The van der Waals surface area contributed by atoms with Crippen molar-refractivity contribution in [3.05, 3.63) is 83.7 Å². The van der Waals surface area contributed by atoms with Crippen LogP contribution < -0.4 is 4.90 Å². The zero-order chi connectivity index (χ0) is 20.4. The van der Waals surface area contributed by atoms with E-state index in [-0.39, 0.29) is 18.2 Å². The molecule has 2 heterocycles. The third-order valence-corrected chi connectivity index (χ3v) is 5.61. The molecule has 3 aromatic rings. The van der Waals surface area contributed by atoms with Crippen LogP contribution in [-0.4, -0.2) is 36.0 Å². The molecule has 2 aromatic carbocycles. The average Bonchev–Trinajstić information content (AvgIpc) is 3.31.